The molecule has 7 heteroatoms. The molecular formula is C15H9ClN2O3S. The minimum Gasteiger partial charge on any atom is -0.478 e. The molecule has 0 aliphatic rings. The quantitative estimate of drug-likeness (QED) is 0.762. The van der Waals surface area contributed by atoms with E-state index >= 15 is 0 Å². The number of carboxylic acids is 1. The number of aromatic nitrogens is 1. The van der Waals surface area contributed by atoms with Gasteiger partial charge in [-0.3, -0.25) is 10.1 Å². The van der Waals surface area contributed by atoms with Crippen LogP contribution in [0.5, 0.6) is 0 Å². The van der Waals surface area contributed by atoms with Crippen LogP contribution in [0.25, 0.3) is 10.2 Å². The summed E-state index contributed by atoms with van der Waals surface area (Å²) in [6, 6.07) is 11.3. The zero-order valence-corrected chi connectivity index (χ0v) is 12.6. The molecule has 1 amide bonds. The number of carboxylic acid groups (broad SMARTS) is 1. The van der Waals surface area contributed by atoms with Gasteiger partial charge in [0.15, 0.2) is 5.13 Å². The minimum atomic E-state index is -1.15. The van der Waals surface area contributed by atoms with Crippen LogP contribution in [0.1, 0.15) is 20.7 Å². The van der Waals surface area contributed by atoms with E-state index in [1.165, 1.54) is 23.5 Å². The van der Waals surface area contributed by atoms with E-state index in [0.717, 1.165) is 10.2 Å². The minimum absolute atomic E-state index is 0.0517. The first-order chi connectivity index (χ1) is 10.5. The lowest BCUT2D eigenvalue weighted by atomic mass is 10.1. The van der Waals surface area contributed by atoms with Gasteiger partial charge in [-0.25, -0.2) is 9.78 Å². The molecule has 0 saturated carbocycles. The lowest BCUT2D eigenvalue weighted by Gasteiger charge is -2.04. The van der Waals surface area contributed by atoms with Crippen molar-refractivity contribution in [3.63, 3.8) is 0 Å². The van der Waals surface area contributed by atoms with Crippen molar-refractivity contribution in [2.24, 2.45) is 0 Å². The van der Waals surface area contributed by atoms with Crippen molar-refractivity contribution >= 4 is 50.2 Å². The van der Waals surface area contributed by atoms with E-state index in [0.29, 0.717) is 10.2 Å². The van der Waals surface area contributed by atoms with Crippen molar-refractivity contribution in [2.45, 2.75) is 0 Å². The maximum absolute atomic E-state index is 12.2. The van der Waals surface area contributed by atoms with Gasteiger partial charge >= 0.3 is 5.97 Å². The van der Waals surface area contributed by atoms with Gasteiger partial charge in [0.2, 0.25) is 0 Å². The Bertz CT molecular complexity index is 891. The Labute approximate surface area is 134 Å². The number of thiazole rings is 1. The number of rotatable bonds is 3. The first kappa shape index (κ1) is 14.5. The number of anilines is 1. The van der Waals surface area contributed by atoms with Gasteiger partial charge in [-0.2, -0.15) is 0 Å². The third-order valence-corrected chi connectivity index (χ3v) is 4.14. The number of fused-ring (bicyclic) bond motifs is 1. The first-order valence-electron chi connectivity index (χ1n) is 6.24. The maximum atomic E-state index is 12.2. The molecule has 0 fully saturated rings. The van der Waals surface area contributed by atoms with Crippen LogP contribution in [-0.2, 0) is 0 Å². The molecule has 0 unspecified atom stereocenters. The summed E-state index contributed by atoms with van der Waals surface area (Å²) in [6.07, 6.45) is 0. The number of hydrogen-bond acceptors (Lipinski definition) is 4. The molecule has 2 N–H and O–H groups in total. The number of hydrogen-bond donors (Lipinski definition) is 2. The van der Waals surface area contributed by atoms with E-state index in [2.05, 4.69) is 10.3 Å². The standard InChI is InChI=1S/C15H9ClN2O3S/c16-8-5-6-11-12(7-8)22-15(17-11)18-13(19)9-3-1-2-4-10(9)14(20)21/h1-7H,(H,20,21)(H,17,18,19). The second kappa shape index (κ2) is 5.75. The molecule has 2 aromatic carbocycles. The Kier molecular flexibility index (Phi) is 3.79. The lowest BCUT2D eigenvalue weighted by Crippen LogP contribution is -2.16. The summed E-state index contributed by atoms with van der Waals surface area (Å²) in [4.78, 5) is 27.7. The molecule has 1 heterocycles. The molecule has 0 radical (unpaired) electrons. The van der Waals surface area contributed by atoms with E-state index in [9.17, 15) is 9.59 Å². The molecule has 22 heavy (non-hydrogen) atoms. The Morgan fingerprint density at radius 2 is 1.86 bits per heavy atom. The van der Waals surface area contributed by atoms with Crippen molar-refractivity contribution < 1.29 is 14.7 Å². The predicted molar refractivity (Wildman–Crippen MR) is 86.0 cm³/mol. The topological polar surface area (TPSA) is 79.3 Å². The number of halogens is 1. The molecule has 0 saturated heterocycles. The maximum Gasteiger partial charge on any atom is 0.336 e. The number of carbonyl (C=O) groups is 2. The van der Waals surface area contributed by atoms with Crippen LogP contribution in [0.3, 0.4) is 0 Å². The van der Waals surface area contributed by atoms with Crippen molar-refractivity contribution in [3.05, 3.63) is 58.6 Å². The van der Waals surface area contributed by atoms with Gasteiger partial charge < -0.3 is 5.11 Å². The zero-order valence-electron chi connectivity index (χ0n) is 11.0. The number of carbonyl (C=O) groups excluding carboxylic acids is 1. The van der Waals surface area contributed by atoms with Gasteiger partial charge in [0, 0.05) is 5.02 Å². The smallest absolute Gasteiger partial charge is 0.336 e. The van der Waals surface area contributed by atoms with Crippen LogP contribution in [0.2, 0.25) is 5.02 Å². The summed E-state index contributed by atoms with van der Waals surface area (Å²) >= 11 is 7.19. The molecule has 110 valence electrons. The van der Waals surface area contributed by atoms with Crippen molar-refractivity contribution in [2.75, 3.05) is 5.32 Å². The van der Waals surface area contributed by atoms with E-state index in [1.807, 2.05) is 0 Å². The average Bonchev–Trinajstić information content (AvgIpc) is 2.88. The van der Waals surface area contributed by atoms with E-state index in [4.69, 9.17) is 16.7 Å². The van der Waals surface area contributed by atoms with E-state index in [1.54, 1.807) is 30.3 Å². The molecule has 3 aromatic rings. The summed E-state index contributed by atoms with van der Waals surface area (Å²) in [5, 5.41) is 12.7. The number of nitrogens with zero attached hydrogens (tertiary/aromatic N) is 1. The van der Waals surface area contributed by atoms with Gasteiger partial charge in [-0.05, 0) is 30.3 Å². The van der Waals surface area contributed by atoms with E-state index < -0.39 is 11.9 Å². The Hall–Kier alpha value is -2.44. The van der Waals surface area contributed by atoms with Gasteiger partial charge in [-0.1, -0.05) is 35.1 Å². The second-order valence-electron chi connectivity index (χ2n) is 4.44. The summed E-state index contributed by atoms with van der Waals surface area (Å²) in [6.45, 7) is 0. The number of benzene rings is 2. The van der Waals surface area contributed by atoms with Gasteiger partial charge in [0.1, 0.15) is 0 Å². The van der Waals surface area contributed by atoms with Crippen LogP contribution >= 0.6 is 22.9 Å². The molecule has 0 aliphatic heterocycles. The average molecular weight is 333 g/mol. The molecule has 0 spiro atoms. The van der Waals surface area contributed by atoms with Crippen LogP contribution in [-0.4, -0.2) is 22.0 Å². The van der Waals surface area contributed by atoms with Crippen LogP contribution in [0, 0.1) is 0 Å². The largest absolute Gasteiger partial charge is 0.478 e. The number of aromatic carboxylic acids is 1. The Morgan fingerprint density at radius 1 is 1.14 bits per heavy atom. The highest BCUT2D eigenvalue weighted by Gasteiger charge is 2.17. The number of nitrogens with one attached hydrogen (secondary N) is 1. The fourth-order valence-corrected chi connectivity index (χ4v) is 3.12. The molecule has 0 atom stereocenters. The molecule has 3 rings (SSSR count). The predicted octanol–water partition coefficient (Wildman–Crippen LogP) is 3.90. The van der Waals surface area contributed by atoms with Gasteiger partial charge in [-0.15, -0.1) is 0 Å². The second-order valence-corrected chi connectivity index (χ2v) is 5.90. The van der Waals surface area contributed by atoms with Crippen molar-refractivity contribution in [1.29, 1.82) is 0 Å². The summed E-state index contributed by atoms with van der Waals surface area (Å²) in [5.74, 6) is -1.66. The normalized spacial score (nSPS) is 10.6. The Morgan fingerprint density at radius 3 is 2.59 bits per heavy atom. The third-order valence-electron chi connectivity index (χ3n) is 2.97. The fourth-order valence-electron chi connectivity index (χ4n) is 1.98. The summed E-state index contributed by atoms with van der Waals surface area (Å²) in [5.41, 5.74) is 0.757. The zero-order chi connectivity index (χ0) is 15.7. The van der Waals surface area contributed by atoms with Gasteiger partial charge in [0.25, 0.3) is 5.91 Å². The third kappa shape index (κ3) is 2.79. The molecule has 0 bridgehead atoms. The molecule has 1 aromatic heterocycles. The highest BCUT2D eigenvalue weighted by molar-refractivity contribution is 7.22. The SMILES string of the molecule is O=C(O)c1ccccc1C(=O)Nc1nc2ccc(Cl)cc2s1. The highest BCUT2D eigenvalue weighted by Crippen LogP contribution is 2.28. The molecule has 0 aliphatic carbocycles. The Balaban J connectivity index is 1.91. The molecule has 5 nitrogen and oxygen atoms in total. The fraction of sp³-hybridized carbons (Fsp3) is 0. The highest BCUT2D eigenvalue weighted by atomic mass is 35.5. The monoisotopic (exact) mass is 332 g/mol. The van der Waals surface area contributed by atoms with Crippen molar-refractivity contribution in [3.8, 4) is 0 Å². The summed E-state index contributed by atoms with van der Waals surface area (Å²) < 4.78 is 0.842. The number of amides is 1. The van der Waals surface area contributed by atoms with E-state index in [-0.39, 0.29) is 11.1 Å². The lowest BCUT2D eigenvalue weighted by molar-refractivity contribution is 0.0692. The van der Waals surface area contributed by atoms with Crippen LogP contribution in [0.15, 0.2) is 42.5 Å². The first-order valence-corrected chi connectivity index (χ1v) is 7.44. The summed E-state index contributed by atoms with van der Waals surface area (Å²) in [7, 11) is 0. The molecular weight excluding hydrogens is 324 g/mol. The van der Waals surface area contributed by atoms with Crippen LogP contribution in [0.4, 0.5) is 5.13 Å². The van der Waals surface area contributed by atoms with Gasteiger partial charge in [0.05, 0.1) is 21.3 Å². The van der Waals surface area contributed by atoms with Crippen molar-refractivity contribution in [1.82, 2.24) is 4.98 Å². The van der Waals surface area contributed by atoms with Crippen LogP contribution < -0.4 is 5.32 Å².